The van der Waals surface area contributed by atoms with E-state index < -0.39 is 0 Å². The molecule has 3 nitrogen and oxygen atoms in total. The van der Waals surface area contributed by atoms with Crippen molar-refractivity contribution in [1.82, 2.24) is 4.57 Å². The molecular weight excluding hydrogens is 741 g/mol. The molecule has 0 fully saturated rings. The van der Waals surface area contributed by atoms with Crippen LogP contribution in [0.5, 0.6) is 0 Å². The molecule has 0 spiro atoms. The van der Waals surface area contributed by atoms with Crippen LogP contribution in [0.4, 0.5) is 17.1 Å². The van der Waals surface area contributed by atoms with Crippen LogP contribution in [0.25, 0.3) is 93.6 Å². The number of fused-ring (bicyclic) bond motifs is 8. The van der Waals surface area contributed by atoms with E-state index in [0.29, 0.717) is 0 Å². The van der Waals surface area contributed by atoms with Gasteiger partial charge in [0.1, 0.15) is 11.2 Å². The highest BCUT2D eigenvalue weighted by Crippen LogP contribution is 2.43. The average Bonchev–Trinajstić information content (AvgIpc) is 3.88. The molecule has 0 N–H and O–H groups in total. The van der Waals surface area contributed by atoms with E-state index in [4.69, 9.17) is 4.42 Å². The summed E-state index contributed by atoms with van der Waals surface area (Å²) in [6.07, 6.45) is 0. The number of rotatable bonds is 7. The van der Waals surface area contributed by atoms with Crippen LogP contribution >= 0.6 is 0 Å². The van der Waals surface area contributed by atoms with Gasteiger partial charge in [-0.05, 0) is 111 Å². The summed E-state index contributed by atoms with van der Waals surface area (Å²) >= 11 is 0. The molecule has 0 radical (unpaired) electrons. The van der Waals surface area contributed by atoms with Crippen LogP contribution in [0.15, 0.2) is 235 Å². The minimum absolute atomic E-state index is 0.853. The molecule has 2 heterocycles. The Kier molecular flexibility index (Phi) is 8.17. The van der Waals surface area contributed by atoms with E-state index in [9.17, 15) is 0 Å². The highest BCUT2D eigenvalue weighted by Gasteiger charge is 2.19. The summed E-state index contributed by atoms with van der Waals surface area (Å²) < 4.78 is 9.13. The molecule has 0 aliphatic carbocycles. The van der Waals surface area contributed by atoms with Crippen molar-refractivity contribution in [3.63, 3.8) is 0 Å². The van der Waals surface area contributed by atoms with E-state index >= 15 is 0 Å². The number of furan rings is 1. The van der Waals surface area contributed by atoms with Crippen LogP contribution in [-0.4, -0.2) is 4.57 Å². The van der Waals surface area contributed by atoms with E-state index in [2.05, 4.69) is 240 Å². The zero-order valence-electron chi connectivity index (χ0n) is 33.2. The predicted molar refractivity (Wildman–Crippen MR) is 257 cm³/mol. The molecule has 0 saturated carbocycles. The lowest BCUT2D eigenvalue weighted by molar-refractivity contribution is 0.669. The minimum Gasteiger partial charge on any atom is -0.456 e. The lowest BCUT2D eigenvalue weighted by Crippen LogP contribution is -2.09. The van der Waals surface area contributed by atoms with Crippen molar-refractivity contribution < 1.29 is 4.42 Å². The quantitative estimate of drug-likeness (QED) is 0.161. The molecule has 286 valence electrons. The normalized spacial score (nSPS) is 11.6. The van der Waals surface area contributed by atoms with Crippen molar-refractivity contribution >= 4 is 71.6 Å². The highest BCUT2D eigenvalue weighted by atomic mass is 16.3. The molecule has 0 aliphatic rings. The fraction of sp³-hybridized carbons (Fsp3) is 0. The van der Waals surface area contributed by atoms with E-state index in [1.54, 1.807) is 0 Å². The molecule has 10 aromatic carbocycles. The van der Waals surface area contributed by atoms with Crippen LogP contribution in [-0.2, 0) is 0 Å². The standard InChI is InChI=1S/C58H38N2O/c1-4-13-39(14-5-1)41-23-28-45(29-24-41)59(46-30-25-42(26-31-46)40-15-6-2-7-16-40)47-32-34-53-57(38-47)61-56-36-35-49-48(20-12-21-52(49)58(53)56)43-27-33-51-50-19-10-11-22-54(50)60(55(51)37-43)44-17-8-3-9-18-44/h1-38H. The number of anilines is 3. The number of para-hydroxylation sites is 2. The monoisotopic (exact) mass is 778 g/mol. The molecule has 12 aromatic rings. The molecule has 0 bridgehead atoms. The van der Waals surface area contributed by atoms with Gasteiger partial charge in [-0.2, -0.15) is 0 Å². The molecule has 0 amide bonds. The first-order valence-electron chi connectivity index (χ1n) is 20.8. The van der Waals surface area contributed by atoms with Crippen molar-refractivity contribution in [2.45, 2.75) is 0 Å². The van der Waals surface area contributed by atoms with Crippen molar-refractivity contribution in [1.29, 1.82) is 0 Å². The third kappa shape index (κ3) is 5.90. The second kappa shape index (κ2) is 14.3. The third-order valence-corrected chi connectivity index (χ3v) is 12.2. The second-order valence-corrected chi connectivity index (χ2v) is 15.7. The zero-order valence-corrected chi connectivity index (χ0v) is 33.2. The van der Waals surface area contributed by atoms with Gasteiger partial charge in [-0.1, -0.05) is 158 Å². The zero-order chi connectivity index (χ0) is 40.3. The Bertz CT molecular complexity index is 3470. The van der Waals surface area contributed by atoms with E-state index in [-0.39, 0.29) is 0 Å². The number of hydrogen-bond acceptors (Lipinski definition) is 2. The Morgan fingerprint density at radius 2 is 0.836 bits per heavy atom. The van der Waals surface area contributed by atoms with Gasteiger partial charge in [-0.15, -0.1) is 0 Å². The summed E-state index contributed by atoms with van der Waals surface area (Å²) in [6, 6.07) is 82.7. The number of hydrogen-bond donors (Lipinski definition) is 0. The summed E-state index contributed by atoms with van der Waals surface area (Å²) in [7, 11) is 0. The lowest BCUT2D eigenvalue weighted by atomic mass is 9.95. The Labute approximate surface area is 353 Å². The van der Waals surface area contributed by atoms with Crippen molar-refractivity contribution in [2.75, 3.05) is 4.90 Å². The molecule has 12 rings (SSSR count). The van der Waals surface area contributed by atoms with Gasteiger partial charge in [0.25, 0.3) is 0 Å². The van der Waals surface area contributed by atoms with Gasteiger partial charge in [0, 0.05) is 50.4 Å². The maximum absolute atomic E-state index is 6.75. The van der Waals surface area contributed by atoms with E-state index in [0.717, 1.165) is 44.7 Å². The SMILES string of the molecule is c1ccc(-c2ccc(N(c3ccc(-c4ccccc4)cc3)c3ccc4c(c3)oc3ccc5c(-c6ccc7c8ccccc8n(-c8ccccc8)c7c6)cccc5c34)cc2)cc1. The topological polar surface area (TPSA) is 21.3 Å². The van der Waals surface area contributed by atoms with E-state index in [1.807, 2.05) is 0 Å². The molecule has 0 unspecified atom stereocenters. The Morgan fingerprint density at radius 1 is 0.311 bits per heavy atom. The summed E-state index contributed by atoms with van der Waals surface area (Å²) in [5.41, 5.74) is 15.6. The predicted octanol–water partition coefficient (Wildman–Crippen LogP) is 16.3. The van der Waals surface area contributed by atoms with Crippen LogP contribution in [0.3, 0.4) is 0 Å². The summed E-state index contributed by atoms with van der Waals surface area (Å²) in [5, 5.41) is 7.10. The molecule has 61 heavy (non-hydrogen) atoms. The van der Waals surface area contributed by atoms with Crippen LogP contribution in [0.1, 0.15) is 0 Å². The first-order valence-corrected chi connectivity index (χ1v) is 20.8. The average molecular weight is 779 g/mol. The van der Waals surface area contributed by atoms with Crippen LogP contribution in [0, 0.1) is 0 Å². The maximum Gasteiger partial charge on any atom is 0.137 e. The number of aromatic nitrogens is 1. The van der Waals surface area contributed by atoms with Gasteiger partial charge in [0.2, 0.25) is 0 Å². The minimum atomic E-state index is 0.853. The fourth-order valence-electron chi connectivity index (χ4n) is 9.32. The summed E-state index contributed by atoms with van der Waals surface area (Å²) in [6.45, 7) is 0. The summed E-state index contributed by atoms with van der Waals surface area (Å²) in [5.74, 6) is 0. The largest absolute Gasteiger partial charge is 0.456 e. The van der Waals surface area contributed by atoms with Gasteiger partial charge in [-0.25, -0.2) is 0 Å². The van der Waals surface area contributed by atoms with Gasteiger partial charge >= 0.3 is 0 Å². The number of benzene rings is 10. The van der Waals surface area contributed by atoms with Crippen molar-refractivity contribution in [2.24, 2.45) is 0 Å². The van der Waals surface area contributed by atoms with Gasteiger partial charge in [0.15, 0.2) is 0 Å². The third-order valence-electron chi connectivity index (χ3n) is 12.2. The molecule has 0 aliphatic heterocycles. The fourth-order valence-corrected chi connectivity index (χ4v) is 9.32. The first kappa shape index (κ1) is 34.9. The van der Waals surface area contributed by atoms with Crippen molar-refractivity contribution in [3.05, 3.63) is 231 Å². The maximum atomic E-state index is 6.75. The summed E-state index contributed by atoms with van der Waals surface area (Å²) in [4.78, 5) is 2.32. The lowest BCUT2D eigenvalue weighted by Gasteiger charge is -2.26. The molecule has 0 atom stereocenters. The molecule has 0 saturated heterocycles. The van der Waals surface area contributed by atoms with Crippen molar-refractivity contribution in [3.8, 4) is 39.1 Å². The Balaban J connectivity index is 0.981. The number of nitrogens with zero attached hydrogens (tertiary/aromatic N) is 2. The Hall–Kier alpha value is -8.14. The molecule has 2 aromatic heterocycles. The first-order chi connectivity index (χ1) is 30.2. The Morgan fingerprint density at radius 3 is 1.52 bits per heavy atom. The molecule has 3 heteroatoms. The van der Waals surface area contributed by atoms with Crippen LogP contribution < -0.4 is 4.90 Å². The van der Waals surface area contributed by atoms with Crippen LogP contribution in [0.2, 0.25) is 0 Å². The van der Waals surface area contributed by atoms with Gasteiger partial charge in [0.05, 0.1) is 11.0 Å². The smallest absolute Gasteiger partial charge is 0.137 e. The van der Waals surface area contributed by atoms with E-state index in [1.165, 1.54) is 66.0 Å². The van der Waals surface area contributed by atoms with Gasteiger partial charge < -0.3 is 13.9 Å². The highest BCUT2D eigenvalue weighted by molar-refractivity contribution is 6.21. The molecular formula is C58H38N2O. The second-order valence-electron chi connectivity index (χ2n) is 15.7. The van der Waals surface area contributed by atoms with Gasteiger partial charge in [-0.3, -0.25) is 0 Å².